The fourth-order valence-electron chi connectivity index (χ4n) is 2.68. The maximum Gasteiger partial charge on any atom is 0.228 e. The molecule has 0 saturated heterocycles. The van der Waals surface area contributed by atoms with E-state index in [2.05, 4.69) is 0 Å². The highest BCUT2D eigenvalue weighted by atomic mass is 16.6. The minimum absolute atomic E-state index is 0.0240. The summed E-state index contributed by atoms with van der Waals surface area (Å²) in [6.45, 7) is 1.48. The van der Waals surface area contributed by atoms with Gasteiger partial charge in [0.1, 0.15) is 5.75 Å². The molecular weight excluding hydrogens is 276 g/mol. The molecule has 0 bridgehead atoms. The Morgan fingerprint density at radius 1 is 1.38 bits per heavy atom. The molecule has 1 atom stereocenters. The van der Waals surface area contributed by atoms with Crippen LogP contribution >= 0.6 is 0 Å². The van der Waals surface area contributed by atoms with E-state index in [9.17, 15) is 19.8 Å². The summed E-state index contributed by atoms with van der Waals surface area (Å²) in [6, 6.07) is 1.52. The summed E-state index contributed by atoms with van der Waals surface area (Å²) in [7, 11) is 1.30. The molecule has 1 aromatic rings. The number of methoxy groups -OCH3 is 1. The number of rotatable bonds is 1. The predicted molar refractivity (Wildman–Crippen MR) is 71.0 cm³/mol. The van der Waals surface area contributed by atoms with Crippen LogP contribution in [0.2, 0.25) is 0 Å². The van der Waals surface area contributed by atoms with Crippen molar-refractivity contribution in [2.24, 2.45) is 0 Å². The molecule has 2 N–H and O–H groups in total. The molecule has 1 aliphatic heterocycles. The Morgan fingerprint density at radius 2 is 2.10 bits per heavy atom. The van der Waals surface area contributed by atoms with Crippen LogP contribution in [0.1, 0.15) is 38.8 Å². The van der Waals surface area contributed by atoms with Crippen molar-refractivity contribution in [3.8, 4) is 5.75 Å². The van der Waals surface area contributed by atoms with Crippen molar-refractivity contribution < 1.29 is 29.3 Å². The van der Waals surface area contributed by atoms with E-state index in [0.29, 0.717) is 11.1 Å². The number of phenolic OH excluding ortho intramolecular Hbond substituents is 1. The first kappa shape index (κ1) is 13.8. The number of fused-ring (bicyclic) bond motifs is 2. The smallest absolute Gasteiger partial charge is 0.228 e. The van der Waals surface area contributed by atoms with Gasteiger partial charge in [0.15, 0.2) is 17.3 Å². The number of benzene rings is 1. The summed E-state index contributed by atoms with van der Waals surface area (Å²) in [5.74, 6) is -2.64. The van der Waals surface area contributed by atoms with Gasteiger partial charge in [-0.3, -0.25) is 9.59 Å². The fraction of sp³-hybridized carbons (Fsp3) is 0.333. The van der Waals surface area contributed by atoms with Gasteiger partial charge < -0.3 is 19.7 Å². The van der Waals surface area contributed by atoms with E-state index in [1.54, 1.807) is 0 Å². The highest BCUT2D eigenvalue weighted by molar-refractivity contribution is 6.25. The second kappa shape index (κ2) is 4.41. The van der Waals surface area contributed by atoms with Gasteiger partial charge in [0.25, 0.3) is 0 Å². The lowest BCUT2D eigenvalue weighted by Gasteiger charge is -2.32. The summed E-state index contributed by atoms with van der Waals surface area (Å²) < 4.78 is 10.1. The van der Waals surface area contributed by atoms with Crippen LogP contribution in [-0.4, -0.2) is 34.7 Å². The van der Waals surface area contributed by atoms with Crippen molar-refractivity contribution in [3.63, 3.8) is 0 Å². The van der Waals surface area contributed by atoms with Gasteiger partial charge in [-0.15, -0.1) is 0 Å². The Labute approximate surface area is 120 Å². The topological polar surface area (TPSA) is 93.1 Å². The second-order valence-corrected chi connectivity index (χ2v) is 5.33. The molecule has 0 unspecified atom stereocenters. The lowest BCUT2D eigenvalue weighted by Crippen LogP contribution is -2.35. The predicted octanol–water partition coefficient (Wildman–Crippen LogP) is 1.08. The second-order valence-electron chi connectivity index (χ2n) is 5.33. The van der Waals surface area contributed by atoms with Crippen LogP contribution in [0, 0.1) is 0 Å². The molecule has 2 aliphatic rings. The van der Waals surface area contributed by atoms with Gasteiger partial charge >= 0.3 is 0 Å². The van der Waals surface area contributed by atoms with Gasteiger partial charge in [-0.25, -0.2) is 0 Å². The lowest BCUT2D eigenvalue weighted by molar-refractivity contribution is -0.204. The number of hydrogen-bond acceptors (Lipinski definition) is 6. The van der Waals surface area contributed by atoms with Crippen LogP contribution in [0.3, 0.4) is 0 Å². The van der Waals surface area contributed by atoms with Crippen molar-refractivity contribution in [2.45, 2.75) is 25.7 Å². The molecule has 6 nitrogen and oxygen atoms in total. The van der Waals surface area contributed by atoms with Crippen molar-refractivity contribution in [3.05, 3.63) is 40.2 Å². The largest absolute Gasteiger partial charge is 0.507 e. The van der Waals surface area contributed by atoms with Crippen LogP contribution in [0.15, 0.2) is 17.9 Å². The van der Waals surface area contributed by atoms with Gasteiger partial charge in [-0.1, -0.05) is 0 Å². The molecule has 0 fully saturated rings. The number of ketones is 2. The first-order valence-electron chi connectivity index (χ1n) is 6.43. The van der Waals surface area contributed by atoms with Gasteiger partial charge in [0.2, 0.25) is 5.78 Å². The van der Waals surface area contributed by atoms with Crippen LogP contribution in [-0.2, 0) is 22.5 Å². The Kier molecular flexibility index (Phi) is 2.89. The number of Topliss-reactive ketones (excluding diaryl/α,β-unsaturated/α-hetero) is 1. The van der Waals surface area contributed by atoms with Gasteiger partial charge in [-0.05, 0) is 18.6 Å². The minimum Gasteiger partial charge on any atom is -0.507 e. The van der Waals surface area contributed by atoms with E-state index in [0.717, 1.165) is 6.08 Å². The van der Waals surface area contributed by atoms with E-state index in [1.165, 1.54) is 20.1 Å². The summed E-state index contributed by atoms with van der Waals surface area (Å²) in [5.41, 5.74) is 1.06. The van der Waals surface area contributed by atoms with E-state index >= 15 is 0 Å². The van der Waals surface area contributed by atoms with Gasteiger partial charge in [-0.2, -0.15) is 0 Å². The summed E-state index contributed by atoms with van der Waals surface area (Å²) in [4.78, 5) is 24.3. The number of aliphatic hydroxyl groups is 1. The molecule has 21 heavy (non-hydrogen) atoms. The van der Waals surface area contributed by atoms with Crippen LogP contribution < -0.4 is 0 Å². The zero-order valence-corrected chi connectivity index (χ0v) is 11.6. The molecule has 1 heterocycles. The Bertz CT molecular complexity index is 699. The molecule has 3 rings (SSSR count). The minimum atomic E-state index is -1.37. The maximum atomic E-state index is 12.2. The highest BCUT2D eigenvalue weighted by Crippen LogP contribution is 2.38. The first-order chi connectivity index (χ1) is 9.84. The summed E-state index contributed by atoms with van der Waals surface area (Å²) >= 11 is 0. The van der Waals surface area contributed by atoms with E-state index in [4.69, 9.17) is 9.47 Å². The summed E-state index contributed by atoms with van der Waals surface area (Å²) in [6.07, 6.45) is 1.19. The average Bonchev–Trinajstić information content (AvgIpc) is 2.41. The van der Waals surface area contributed by atoms with E-state index in [1.807, 2.05) is 0 Å². The van der Waals surface area contributed by atoms with E-state index < -0.39 is 17.4 Å². The zero-order valence-electron chi connectivity index (χ0n) is 11.6. The SMILES string of the molecule is COC1=CC(=O)c2c(cc3c(c2O)CO[C@@](C)(O)C3)C1=O. The molecule has 0 amide bonds. The standard InChI is InChI=1S/C15H14O6/c1-15(19)5-7-3-8-12(14(18)9(7)6-21-15)10(16)4-11(20-2)13(8)17/h3-4,18-19H,5-6H2,1-2H3/t15-/m1/s1. The summed E-state index contributed by atoms with van der Waals surface area (Å²) in [5, 5.41) is 20.2. The molecule has 1 aromatic carbocycles. The van der Waals surface area contributed by atoms with Crippen molar-refractivity contribution in [2.75, 3.05) is 7.11 Å². The number of allylic oxidation sites excluding steroid dienone is 2. The normalized spacial score (nSPS) is 24.2. The fourth-order valence-corrected chi connectivity index (χ4v) is 2.68. The number of ether oxygens (including phenoxy) is 2. The van der Waals surface area contributed by atoms with Gasteiger partial charge in [0, 0.05) is 23.6 Å². The molecule has 0 saturated carbocycles. The van der Waals surface area contributed by atoms with Gasteiger partial charge in [0.05, 0.1) is 19.3 Å². The molecule has 110 valence electrons. The maximum absolute atomic E-state index is 12.2. The molecule has 0 radical (unpaired) electrons. The number of carbonyl (C=O) groups is 2. The highest BCUT2D eigenvalue weighted by Gasteiger charge is 2.36. The van der Waals surface area contributed by atoms with Crippen LogP contribution in [0.25, 0.3) is 0 Å². The third-order valence-electron chi connectivity index (χ3n) is 3.74. The average molecular weight is 290 g/mol. The van der Waals surface area contributed by atoms with Crippen molar-refractivity contribution in [1.29, 1.82) is 0 Å². The Balaban J connectivity index is 2.21. The molecule has 0 spiro atoms. The van der Waals surface area contributed by atoms with Crippen molar-refractivity contribution >= 4 is 11.6 Å². The number of carbonyl (C=O) groups excluding carboxylic acids is 2. The Hall–Kier alpha value is -2.18. The van der Waals surface area contributed by atoms with Crippen LogP contribution in [0.5, 0.6) is 5.75 Å². The quantitative estimate of drug-likeness (QED) is 0.804. The number of hydrogen-bond donors (Lipinski definition) is 2. The number of phenols is 1. The monoisotopic (exact) mass is 290 g/mol. The van der Waals surface area contributed by atoms with Crippen LogP contribution in [0.4, 0.5) is 0 Å². The molecule has 6 heteroatoms. The molecule has 1 aliphatic carbocycles. The third-order valence-corrected chi connectivity index (χ3v) is 3.74. The van der Waals surface area contributed by atoms with Crippen molar-refractivity contribution in [1.82, 2.24) is 0 Å². The van der Waals surface area contributed by atoms with E-state index in [-0.39, 0.29) is 35.7 Å². The lowest BCUT2D eigenvalue weighted by atomic mass is 9.85. The number of aromatic hydroxyl groups is 1. The zero-order chi connectivity index (χ0) is 15.4. The molecular formula is C15H14O6. The Morgan fingerprint density at radius 3 is 2.76 bits per heavy atom. The first-order valence-corrected chi connectivity index (χ1v) is 6.43. The molecule has 0 aromatic heterocycles. The third kappa shape index (κ3) is 2.03.